The van der Waals surface area contributed by atoms with E-state index in [4.69, 9.17) is 5.21 Å². The summed E-state index contributed by atoms with van der Waals surface area (Å²) in [7, 11) is 0. The summed E-state index contributed by atoms with van der Waals surface area (Å²) in [5.41, 5.74) is 1.11. The zero-order valence-electron chi connectivity index (χ0n) is 7.24. The van der Waals surface area contributed by atoms with E-state index in [9.17, 15) is 0 Å². The molecule has 0 saturated heterocycles. The monoisotopic (exact) mass is 165 g/mol. The van der Waals surface area contributed by atoms with Gasteiger partial charge in [-0.05, 0) is 43.4 Å². The minimum Gasteiger partial charge on any atom is -0.411 e. The summed E-state index contributed by atoms with van der Waals surface area (Å²) in [4.78, 5) is 0. The standard InChI is InChI=1S/C10H15NO/c12-11-10-5-6-4-9(10)8-3-1-2-7(6)8/h6-9,12H,1-5H2/b11-10-. The highest BCUT2D eigenvalue weighted by Crippen LogP contribution is 2.57. The van der Waals surface area contributed by atoms with Gasteiger partial charge >= 0.3 is 0 Å². The van der Waals surface area contributed by atoms with Gasteiger partial charge in [0, 0.05) is 5.92 Å². The molecule has 0 amide bonds. The summed E-state index contributed by atoms with van der Waals surface area (Å²) in [6, 6.07) is 0. The maximum atomic E-state index is 8.80. The van der Waals surface area contributed by atoms with Crippen molar-refractivity contribution in [2.24, 2.45) is 28.8 Å². The molecule has 0 aromatic carbocycles. The van der Waals surface area contributed by atoms with Crippen molar-refractivity contribution in [3.63, 3.8) is 0 Å². The van der Waals surface area contributed by atoms with Crippen molar-refractivity contribution in [3.05, 3.63) is 0 Å². The Hall–Kier alpha value is -0.530. The van der Waals surface area contributed by atoms with Crippen LogP contribution >= 0.6 is 0 Å². The fraction of sp³-hybridized carbons (Fsp3) is 0.900. The third-order valence-electron chi connectivity index (χ3n) is 4.33. The summed E-state index contributed by atoms with van der Waals surface area (Å²) in [6.45, 7) is 0. The zero-order valence-corrected chi connectivity index (χ0v) is 7.24. The van der Waals surface area contributed by atoms with Crippen LogP contribution in [0, 0.1) is 23.7 Å². The molecule has 1 N–H and O–H groups in total. The molecule has 3 saturated carbocycles. The molecule has 0 radical (unpaired) electrons. The van der Waals surface area contributed by atoms with Gasteiger partial charge in [-0.2, -0.15) is 0 Å². The van der Waals surface area contributed by atoms with Crippen LogP contribution in [0.4, 0.5) is 0 Å². The SMILES string of the molecule is O/N=C1/CC2CC1C1CCCC21. The lowest BCUT2D eigenvalue weighted by molar-refractivity contribution is 0.293. The van der Waals surface area contributed by atoms with Gasteiger partial charge in [-0.25, -0.2) is 0 Å². The summed E-state index contributed by atoms with van der Waals surface area (Å²) in [5.74, 6) is 3.45. The van der Waals surface area contributed by atoms with Crippen LogP contribution in [-0.4, -0.2) is 10.9 Å². The largest absolute Gasteiger partial charge is 0.411 e. The van der Waals surface area contributed by atoms with E-state index in [0.29, 0.717) is 5.92 Å². The average molecular weight is 165 g/mol. The van der Waals surface area contributed by atoms with Crippen LogP contribution in [0.5, 0.6) is 0 Å². The summed E-state index contributed by atoms with van der Waals surface area (Å²) in [6.07, 6.45) is 6.69. The molecule has 3 aliphatic carbocycles. The van der Waals surface area contributed by atoms with Crippen molar-refractivity contribution in [1.29, 1.82) is 0 Å². The first kappa shape index (κ1) is 6.93. The Kier molecular flexibility index (Phi) is 1.29. The highest BCUT2D eigenvalue weighted by atomic mass is 16.4. The third kappa shape index (κ3) is 0.686. The molecule has 12 heavy (non-hydrogen) atoms. The maximum absolute atomic E-state index is 8.80. The van der Waals surface area contributed by atoms with E-state index < -0.39 is 0 Å². The second-order valence-electron chi connectivity index (χ2n) is 4.66. The fourth-order valence-corrected chi connectivity index (χ4v) is 3.93. The van der Waals surface area contributed by atoms with E-state index in [-0.39, 0.29) is 0 Å². The van der Waals surface area contributed by atoms with Gasteiger partial charge in [0.25, 0.3) is 0 Å². The Bertz CT molecular complexity index is 236. The molecule has 4 unspecified atom stereocenters. The van der Waals surface area contributed by atoms with E-state index in [0.717, 1.165) is 29.9 Å². The normalized spacial score (nSPS) is 53.5. The molecule has 0 aromatic heterocycles. The summed E-state index contributed by atoms with van der Waals surface area (Å²) in [5, 5.41) is 12.2. The Morgan fingerprint density at radius 3 is 2.92 bits per heavy atom. The number of rotatable bonds is 0. The van der Waals surface area contributed by atoms with Gasteiger partial charge in [-0.15, -0.1) is 0 Å². The number of oxime groups is 1. The molecule has 0 heterocycles. The topological polar surface area (TPSA) is 32.6 Å². The van der Waals surface area contributed by atoms with Crippen LogP contribution < -0.4 is 0 Å². The molecule has 3 rings (SSSR count). The van der Waals surface area contributed by atoms with Crippen LogP contribution in [-0.2, 0) is 0 Å². The second kappa shape index (κ2) is 2.24. The molecule has 3 fully saturated rings. The highest BCUT2D eigenvalue weighted by Gasteiger charge is 2.52. The summed E-state index contributed by atoms with van der Waals surface area (Å²) >= 11 is 0. The van der Waals surface area contributed by atoms with Gasteiger partial charge in [-0.1, -0.05) is 11.6 Å². The number of hydrogen-bond donors (Lipinski definition) is 1. The quantitative estimate of drug-likeness (QED) is 0.433. The first-order chi connectivity index (χ1) is 5.90. The van der Waals surface area contributed by atoms with Gasteiger partial charge in [0.1, 0.15) is 0 Å². The van der Waals surface area contributed by atoms with Crippen LogP contribution in [0.25, 0.3) is 0 Å². The molecule has 0 spiro atoms. The van der Waals surface area contributed by atoms with Crippen molar-refractivity contribution >= 4 is 5.71 Å². The van der Waals surface area contributed by atoms with Gasteiger partial charge in [0.2, 0.25) is 0 Å². The molecule has 66 valence electrons. The molecule has 0 aromatic rings. The van der Waals surface area contributed by atoms with Gasteiger partial charge in [0.15, 0.2) is 0 Å². The van der Waals surface area contributed by atoms with E-state index in [1.165, 1.54) is 25.7 Å². The first-order valence-electron chi connectivity index (χ1n) is 5.11. The molecular weight excluding hydrogens is 150 g/mol. The minimum atomic E-state index is 0.674. The lowest BCUT2D eigenvalue weighted by Gasteiger charge is -2.24. The highest BCUT2D eigenvalue weighted by molar-refractivity contribution is 5.89. The smallest absolute Gasteiger partial charge is 0.0607 e. The Morgan fingerprint density at radius 2 is 2.08 bits per heavy atom. The molecule has 0 aliphatic heterocycles. The molecule has 2 bridgehead atoms. The molecule has 4 atom stereocenters. The van der Waals surface area contributed by atoms with Crippen LogP contribution in [0.15, 0.2) is 5.16 Å². The minimum absolute atomic E-state index is 0.674. The Balaban J connectivity index is 1.92. The maximum Gasteiger partial charge on any atom is 0.0607 e. The van der Waals surface area contributed by atoms with Crippen molar-refractivity contribution < 1.29 is 5.21 Å². The average Bonchev–Trinajstić information content (AvgIpc) is 2.75. The first-order valence-corrected chi connectivity index (χ1v) is 5.11. The van der Waals surface area contributed by atoms with Gasteiger partial charge in [-0.3, -0.25) is 0 Å². The van der Waals surface area contributed by atoms with Crippen molar-refractivity contribution in [2.45, 2.75) is 32.1 Å². The van der Waals surface area contributed by atoms with Crippen LogP contribution in [0.3, 0.4) is 0 Å². The van der Waals surface area contributed by atoms with E-state index in [1.807, 2.05) is 0 Å². The number of fused-ring (bicyclic) bond motifs is 5. The Labute approximate surface area is 72.6 Å². The Morgan fingerprint density at radius 1 is 1.25 bits per heavy atom. The predicted octanol–water partition coefficient (Wildman–Crippen LogP) is 2.27. The fourth-order valence-electron chi connectivity index (χ4n) is 3.93. The van der Waals surface area contributed by atoms with E-state index in [1.54, 1.807) is 0 Å². The van der Waals surface area contributed by atoms with Crippen LogP contribution in [0.2, 0.25) is 0 Å². The molecule has 3 aliphatic rings. The predicted molar refractivity (Wildman–Crippen MR) is 46.3 cm³/mol. The number of nitrogens with zero attached hydrogens (tertiary/aromatic N) is 1. The second-order valence-corrected chi connectivity index (χ2v) is 4.66. The van der Waals surface area contributed by atoms with Crippen molar-refractivity contribution in [3.8, 4) is 0 Å². The molecule has 2 nitrogen and oxygen atoms in total. The van der Waals surface area contributed by atoms with Gasteiger partial charge in [0.05, 0.1) is 5.71 Å². The zero-order chi connectivity index (χ0) is 8.13. The van der Waals surface area contributed by atoms with Crippen molar-refractivity contribution in [2.75, 3.05) is 0 Å². The number of hydrogen-bond acceptors (Lipinski definition) is 2. The van der Waals surface area contributed by atoms with E-state index >= 15 is 0 Å². The lowest BCUT2D eigenvalue weighted by Crippen LogP contribution is -2.24. The van der Waals surface area contributed by atoms with Crippen molar-refractivity contribution in [1.82, 2.24) is 0 Å². The molecular formula is C10H15NO. The van der Waals surface area contributed by atoms with Gasteiger partial charge < -0.3 is 5.21 Å². The summed E-state index contributed by atoms with van der Waals surface area (Å²) < 4.78 is 0. The van der Waals surface area contributed by atoms with E-state index in [2.05, 4.69) is 5.16 Å². The third-order valence-corrected chi connectivity index (χ3v) is 4.33. The molecule has 2 heteroatoms. The van der Waals surface area contributed by atoms with Crippen LogP contribution in [0.1, 0.15) is 32.1 Å². The lowest BCUT2D eigenvalue weighted by atomic mass is 9.81.